The minimum Gasteiger partial charge on any atom is -0.337 e. The van der Waals surface area contributed by atoms with Crippen molar-refractivity contribution < 1.29 is 4.79 Å². The smallest absolute Gasteiger partial charge is 0.226 e. The van der Waals surface area contributed by atoms with Crippen LogP contribution >= 0.6 is 11.6 Å². The van der Waals surface area contributed by atoms with Crippen LogP contribution in [0.4, 0.5) is 0 Å². The van der Waals surface area contributed by atoms with Crippen LogP contribution in [0.1, 0.15) is 45.1 Å². The largest absolute Gasteiger partial charge is 0.337 e. The molecule has 1 unspecified atom stereocenters. The molecular formula is C18H26ClNO. The average Bonchev–Trinajstić information content (AvgIpc) is 2.47. The van der Waals surface area contributed by atoms with E-state index in [4.69, 9.17) is 11.6 Å². The van der Waals surface area contributed by atoms with Crippen molar-refractivity contribution in [3.05, 3.63) is 35.9 Å². The Bertz CT molecular complexity index is 458. The third-order valence-electron chi connectivity index (χ3n) is 4.69. The van der Waals surface area contributed by atoms with Crippen molar-refractivity contribution in [3.63, 3.8) is 0 Å². The SMILES string of the molecule is CC1(C)CCCCC1C(=O)N(CCCl)Cc1ccccc1. The van der Waals surface area contributed by atoms with Gasteiger partial charge in [-0.2, -0.15) is 0 Å². The topological polar surface area (TPSA) is 20.3 Å². The molecule has 1 aliphatic carbocycles. The Morgan fingerprint density at radius 3 is 2.62 bits per heavy atom. The van der Waals surface area contributed by atoms with Crippen LogP contribution in [0.3, 0.4) is 0 Å². The first-order valence-corrected chi connectivity index (χ1v) is 8.47. The average molecular weight is 308 g/mol. The van der Waals surface area contributed by atoms with Crippen LogP contribution in [0, 0.1) is 11.3 Å². The van der Waals surface area contributed by atoms with Gasteiger partial charge in [-0.25, -0.2) is 0 Å². The highest BCUT2D eigenvalue weighted by Crippen LogP contribution is 2.41. The fraction of sp³-hybridized carbons (Fsp3) is 0.611. The zero-order chi connectivity index (χ0) is 15.3. The van der Waals surface area contributed by atoms with E-state index in [2.05, 4.69) is 26.0 Å². The minimum absolute atomic E-state index is 0.108. The van der Waals surface area contributed by atoms with E-state index < -0.39 is 0 Å². The van der Waals surface area contributed by atoms with Crippen molar-refractivity contribution in [2.24, 2.45) is 11.3 Å². The second kappa shape index (κ2) is 7.31. The van der Waals surface area contributed by atoms with E-state index in [0.717, 1.165) is 12.8 Å². The van der Waals surface area contributed by atoms with E-state index in [0.29, 0.717) is 19.0 Å². The van der Waals surface area contributed by atoms with Crippen LogP contribution in [0.25, 0.3) is 0 Å². The number of nitrogens with zero attached hydrogens (tertiary/aromatic N) is 1. The maximum atomic E-state index is 13.0. The second-order valence-electron chi connectivity index (χ2n) is 6.72. The molecule has 1 aliphatic rings. The molecule has 0 bridgehead atoms. The summed E-state index contributed by atoms with van der Waals surface area (Å²) in [6.07, 6.45) is 4.56. The lowest BCUT2D eigenvalue weighted by atomic mass is 9.68. The van der Waals surface area contributed by atoms with Gasteiger partial charge in [0.2, 0.25) is 5.91 Å². The van der Waals surface area contributed by atoms with Gasteiger partial charge < -0.3 is 4.90 Å². The fourth-order valence-electron chi connectivity index (χ4n) is 3.35. The lowest BCUT2D eigenvalue weighted by Gasteiger charge is -2.40. The van der Waals surface area contributed by atoms with Crippen molar-refractivity contribution in [2.75, 3.05) is 12.4 Å². The van der Waals surface area contributed by atoms with Crippen LogP contribution in [0.5, 0.6) is 0 Å². The Kier molecular flexibility index (Phi) is 5.69. The number of carbonyl (C=O) groups is 1. The van der Waals surface area contributed by atoms with Crippen LogP contribution in [-0.4, -0.2) is 23.2 Å². The van der Waals surface area contributed by atoms with Crippen molar-refractivity contribution in [1.82, 2.24) is 4.90 Å². The first-order chi connectivity index (χ1) is 10.0. The summed E-state index contributed by atoms with van der Waals surface area (Å²) in [5.74, 6) is 0.911. The summed E-state index contributed by atoms with van der Waals surface area (Å²) >= 11 is 5.92. The van der Waals surface area contributed by atoms with Gasteiger partial charge in [0, 0.05) is 24.9 Å². The Morgan fingerprint density at radius 1 is 1.29 bits per heavy atom. The quantitative estimate of drug-likeness (QED) is 0.735. The monoisotopic (exact) mass is 307 g/mol. The van der Waals surface area contributed by atoms with Gasteiger partial charge in [0.05, 0.1) is 0 Å². The number of rotatable bonds is 5. The molecule has 2 rings (SSSR count). The number of hydrogen-bond acceptors (Lipinski definition) is 1. The van der Waals surface area contributed by atoms with Crippen molar-refractivity contribution in [3.8, 4) is 0 Å². The maximum Gasteiger partial charge on any atom is 0.226 e. The molecule has 0 spiro atoms. The predicted molar refractivity (Wildman–Crippen MR) is 88.3 cm³/mol. The van der Waals surface area contributed by atoms with Gasteiger partial charge >= 0.3 is 0 Å². The van der Waals surface area contributed by atoms with E-state index in [1.165, 1.54) is 18.4 Å². The van der Waals surface area contributed by atoms with Crippen LogP contribution in [-0.2, 0) is 11.3 Å². The highest BCUT2D eigenvalue weighted by Gasteiger charge is 2.38. The molecule has 21 heavy (non-hydrogen) atoms. The Balaban J connectivity index is 2.11. The molecule has 1 saturated carbocycles. The van der Waals surface area contributed by atoms with E-state index in [9.17, 15) is 4.79 Å². The number of hydrogen-bond donors (Lipinski definition) is 0. The summed E-state index contributed by atoms with van der Waals surface area (Å²) in [6.45, 7) is 5.76. The summed E-state index contributed by atoms with van der Waals surface area (Å²) in [4.78, 5) is 14.9. The molecule has 0 saturated heterocycles. The number of carbonyl (C=O) groups excluding carboxylic acids is 1. The Hall–Kier alpha value is -1.02. The molecule has 1 atom stereocenters. The van der Waals surface area contributed by atoms with Gasteiger partial charge in [-0.3, -0.25) is 4.79 Å². The highest BCUT2D eigenvalue weighted by atomic mass is 35.5. The first kappa shape index (κ1) is 16.4. The molecule has 1 fully saturated rings. The normalized spacial score (nSPS) is 21.0. The molecule has 0 N–H and O–H groups in total. The van der Waals surface area contributed by atoms with Gasteiger partial charge in [0.25, 0.3) is 0 Å². The third kappa shape index (κ3) is 4.23. The highest BCUT2D eigenvalue weighted by molar-refractivity contribution is 6.18. The summed E-state index contributed by atoms with van der Waals surface area (Å²) in [5, 5.41) is 0. The van der Waals surface area contributed by atoms with Gasteiger partial charge in [0.1, 0.15) is 0 Å². The molecule has 0 heterocycles. The van der Waals surface area contributed by atoms with Crippen molar-refractivity contribution >= 4 is 17.5 Å². The molecule has 3 heteroatoms. The molecular weight excluding hydrogens is 282 g/mol. The van der Waals surface area contributed by atoms with Gasteiger partial charge in [-0.1, -0.05) is 57.0 Å². The van der Waals surface area contributed by atoms with Crippen molar-refractivity contribution in [1.29, 1.82) is 0 Å². The molecule has 1 aromatic carbocycles. The van der Waals surface area contributed by atoms with Crippen LogP contribution in [0.2, 0.25) is 0 Å². The summed E-state index contributed by atoms with van der Waals surface area (Å²) in [6, 6.07) is 10.2. The van der Waals surface area contributed by atoms with Crippen LogP contribution in [0.15, 0.2) is 30.3 Å². The molecule has 0 radical (unpaired) electrons. The standard InChI is InChI=1S/C18H26ClNO/c1-18(2)11-7-6-10-16(18)17(21)20(13-12-19)14-15-8-4-3-5-9-15/h3-5,8-9,16H,6-7,10-14H2,1-2H3. The Labute approximate surface area is 133 Å². The van der Waals surface area contributed by atoms with Gasteiger partial charge in [0.15, 0.2) is 0 Å². The molecule has 1 aromatic rings. The zero-order valence-electron chi connectivity index (χ0n) is 13.1. The number of halogens is 1. The van der Waals surface area contributed by atoms with E-state index in [1.807, 2.05) is 23.1 Å². The number of alkyl halides is 1. The second-order valence-corrected chi connectivity index (χ2v) is 7.10. The summed E-state index contributed by atoms with van der Waals surface area (Å²) < 4.78 is 0. The van der Waals surface area contributed by atoms with Gasteiger partial charge in [-0.15, -0.1) is 11.6 Å². The first-order valence-electron chi connectivity index (χ1n) is 7.93. The summed E-state index contributed by atoms with van der Waals surface area (Å²) in [7, 11) is 0. The molecule has 0 aliphatic heterocycles. The molecule has 2 nitrogen and oxygen atoms in total. The van der Waals surface area contributed by atoms with E-state index in [-0.39, 0.29) is 17.2 Å². The predicted octanol–water partition coefficient (Wildman–Crippen LogP) is 4.47. The Morgan fingerprint density at radius 2 is 2.00 bits per heavy atom. The lowest BCUT2D eigenvalue weighted by Crippen LogP contribution is -2.44. The fourth-order valence-corrected chi connectivity index (χ4v) is 3.55. The molecule has 1 amide bonds. The minimum atomic E-state index is 0.108. The molecule has 116 valence electrons. The number of amides is 1. The third-order valence-corrected chi connectivity index (χ3v) is 4.86. The van der Waals surface area contributed by atoms with E-state index >= 15 is 0 Å². The van der Waals surface area contributed by atoms with E-state index in [1.54, 1.807) is 0 Å². The molecule has 0 aromatic heterocycles. The maximum absolute atomic E-state index is 13.0. The summed E-state index contributed by atoms with van der Waals surface area (Å²) in [5.41, 5.74) is 1.28. The number of benzene rings is 1. The van der Waals surface area contributed by atoms with Crippen LogP contribution < -0.4 is 0 Å². The lowest BCUT2D eigenvalue weighted by molar-refractivity contribution is -0.141. The van der Waals surface area contributed by atoms with Crippen molar-refractivity contribution in [2.45, 2.75) is 46.1 Å². The zero-order valence-corrected chi connectivity index (χ0v) is 13.9. The van der Waals surface area contributed by atoms with Gasteiger partial charge in [-0.05, 0) is 23.8 Å².